The molecule has 0 aromatic carbocycles. The molecule has 3 rings (SSSR count). The van der Waals surface area contributed by atoms with Gasteiger partial charge >= 0.3 is 0 Å². The lowest BCUT2D eigenvalue weighted by Gasteiger charge is -2.06. The van der Waals surface area contributed by atoms with Crippen LogP contribution in [0.15, 0.2) is 16.9 Å². The van der Waals surface area contributed by atoms with E-state index in [1.807, 2.05) is 6.07 Å². The number of H-pyrrole nitrogens is 1. The van der Waals surface area contributed by atoms with E-state index in [-0.39, 0.29) is 5.56 Å². The fourth-order valence-electron chi connectivity index (χ4n) is 2.56. The molecule has 2 aromatic rings. The molecule has 5 heteroatoms. The van der Waals surface area contributed by atoms with E-state index in [0.717, 1.165) is 43.0 Å². The summed E-state index contributed by atoms with van der Waals surface area (Å²) < 4.78 is 1.52. The highest BCUT2D eigenvalue weighted by atomic mass is 16.1. The van der Waals surface area contributed by atoms with Gasteiger partial charge in [-0.2, -0.15) is 0 Å². The van der Waals surface area contributed by atoms with Crippen LogP contribution in [0.1, 0.15) is 24.7 Å². The molecule has 0 amide bonds. The van der Waals surface area contributed by atoms with Gasteiger partial charge in [-0.25, -0.2) is 9.50 Å². The molecule has 1 aliphatic heterocycles. The lowest BCUT2D eigenvalue weighted by Crippen LogP contribution is -2.18. The Bertz CT molecular complexity index is 607. The standard InChI is InChI=1S/C13H18N4O/c1-2-10-6-12-15-11(5-9-3-4-14-8-9)7-13(18)17(12)16-10/h6-7,9,14,16H,2-5,8H2,1H3. The second-order valence-corrected chi connectivity index (χ2v) is 4.98. The Kier molecular flexibility index (Phi) is 2.91. The first kappa shape index (κ1) is 11.5. The minimum absolute atomic E-state index is 0.0133. The van der Waals surface area contributed by atoms with Gasteiger partial charge in [-0.3, -0.25) is 9.89 Å². The smallest absolute Gasteiger partial charge is 0.272 e. The van der Waals surface area contributed by atoms with Crippen molar-refractivity contribution in [2.75, 3.05) is 13.1 Å². The van der Waals surface area contributed by atoms with Gasteiger partial charge in [0.2, 0.25) is 0 Å². The van der Waals surface area contributed by atoms with Gasteiger partial charge in [0.05, 0.1) is 0 Å². The molecule has 1 atom stereocenters. The van der Waals surface area contributed by atoms with Crippen LogP contribution in [0.4, 0.5) is 0 Å². The Balaban J connectivity index is 1.95. The maximum atomic E-state index is 12.0. The van der Waals surface area contributed by atoms with Crippen LogP contribution in [0.3, 0.4) is 0 Å². The fourth-order valence-corrected chi connectivity index (χ4v) is 2.56. The third kappa shape index (κ3) is 2.06. The van der Waals surface area contributed by atoms with Crippen molar-refractivity contribution in [3.8, 4) is 0 Å². The number of nitrogens with one attached hydrogen (secondary N) is 2. The van der Waals surface area contributed by atoms with Crippen LogP contribution in [-0.2, 0) is 12.8 Å². The zero-order valence-electron chi connectivity index (χ0n) is 10.6. The summed E-state index contributed by atoms with van der Waals surface area (Å²) in [5.74, 6) is 0.615. The van der Waals surface area contributed by atoms with Crippen molar-refractivity contribution in [3.05, 3.63) is 33.9 Å². The van der Waals surface area contributed by atoms with Crippen LogP contribution in [0.5, 0.6) is 0 Å². The van der Waals surface area contributed by atoms with Crippen LogP contribution in [0, 0.1) is 5.92 Å². The maximum absolute atomic E-state index is 12.0. The predicted octanol–water partition coefficient (Wildman–Crippen LogP) is 0.737. The summed E-state index contributed by atoms with van der Waals surface area (Å²) in [6.07, 6.45) is 2.95. The number of hydrogen-bond acceptors (Lipinski definition) is 3. The summed E-state index contributed by atoms with van der Waals surface area (Å²) in [5.41, 5.74) is 2.68. The quantitative estimate of drug-likeness (QED) is 0.839. The molecular weight excluding hydrogens is 228 g/mol. The maximum Gasteiger partial charge on any atom is 0.272 e. The topological polar surface area (TPSA) is 62.2 Å². The first-order valence-corrected chi connectivity index (χ1v) is 6.57. The van der Waals surface area contributed by atoms with Crippen molar-refractivity contribution in [2.45, 2.75) is 26.2 Å². The van der Waals surface area contributed by atoms with Gasteiger partial charge in [-0.05, 0) is 38.3 Å². The average molecular weight is 246 g/mol. The Morgan fingerprint density at radius 2 is 2.39 bits per heavy atom. The van der Waals surface area contributed by atoms with Crippen molar-refractivity contribution in [3.63, 3.8) is 0 Å². The first-order chi connectivity index (χ1) is 8.76. The molecule has 18 heavy (non-hydrogen) atoms. The van der Waals surface area contributed by atoms with Crippen molar-refractivity contribution >= 4 is 5.65 Å². The number of hydrogen-bond donors (Lipinski definition) is 2. The molecule has 0 bridgehead atoms. The molecular formula is C13H18N4O. The number of aromatic amines is 1. The first-order valence-electron chi connectivity index (χ1n) is 6.57. The van der Waals surface area contributed by atoms with Crippen molar-refractivity contribution in [1.29, 1.82) is 0 Å². The summed E-state index contributed by atoms with van der Waals surface area (Å²) in [6.45, 7) is 4.17. The number of aromatic nitrogens is 3. The van der Waals surface area contributed by atoms with Gasteiger partial charge in [0.1, 0.15) is 0 Å². The highest BCUT2D eigenvalue weighted by molar-refractivity contribution is 5.39. The van der Waals surface area contributed by atoms with E-state index < -0.39 is 0 Å². The Hall–Kier alpha value is -1.62. The summed E-state index contributed by atoms with van der Waals surface area (Å²) >= 11 is 0. The molecule has 0 saturated carbocycles. The second kappa shape index (κ2) is 4.57. The molecule has 0 radical (unpaired) electrons. The third-order valence-electron chi connectivity index (χ3n) is 3.60. The van der Waals surface area contributed by atoms with Crippen molar-refractivity contribution < 1.29 is 0 Å². The molecule has 5 nitrogen and oxygen atoms in total. The van der Waals surface area contributed by atoms with E-state index in [1.54, 1.807) is 6.07 Å². The summed E-state index contributed by atoms with van der Waals surface area (Å²) in [6, 6.07) is 3.61. The van der Waals surface area contributed by atoms with Crippen LogP contribution in [-0.4, -0.2) is 27.7 Å². The van der Waals surface area contributed by atoms with Gasteiger partial charge in [0, 0.05) is 23.5 Å². The molecule has 2 N–H and O–H groups in total. The average Bonchev–Trinajstić information content (AvgIpc) is 2.97. The highest BCUT2D eigenvalue weighted by Gasteiger charge is 2.16. The SMILES string of the molecule is CCc1cc2nc(CC3CCNC3)cc(=O)n2[nH]1. The van der Waals surface area contributed by atoms with Gasteiger partial charge in [0.25, 0.3) is 5.56 Å². The van der Waals surface area contributed by atoms with Gasteiger partial charge in [-0.15, -0.1) is 0 Å². The molecule has 1 saturated heterocycles. The van der Waals surface area contributed by atoms with E-state index in [0.29, 0.717) is 5.92 Å². The normalized spacial score (nSPS) is 19.7. The largest absolute Gasteiger partial charge is 0.316 e. The van der Waals surface area contributed by atoms with Gasteiger partial charge in [-0.1, -0.05) is 6.92 Å². The molecule has 0 spiro atoms. The van der Waals surface area contributed by atoms with E-state index >= 15 is 0 Å². The number of aryl methyl sites for hydroxylation is 1. The van der Waals surface area contributed by atoms with E-state index in [9.17, 15) is 4.79 Å². The third-order valence-corrected chi connectivity index (χ3v) is 3.60. The summed E-state index contributed by atoms with van der Waals surface area (Å²) in [4.78, 5) is 16.6. The summed E-state index contributed by atoms with van der Waals surface area (Å²) in [7, 11) is 0. The molecule has 1 aliphatic rings. The zero-order chi connectivity index (χ0) is 12.5. The summed E-state index contributed by atoms with van der Waals surface area (Å²) in [5, 5.41) is 6.40. The Labute approximate surface area is 105 Å². The minimum Gasteiger partial charge on any atom is -0.316 e. The Morgan fingerprint density at radius 3 is 3.11 bits per heavy atom. The van der Waals surface area contributed by atoms with E-state index in [1.165, 1.54) is 10.9 Å². The van der Waals surface area contributed by atoms with Crippen molar-refractivity contribution in [2.24, 2.45) is 5.92 Å². The second-order valence-electron chi connectivity index (χ2n) is 4.98. The van der Waals surface area contributed by atoms with E-state index in [4.69, 9.17) is 0 Å². The monoisotopic (exact) mass is 246 g/mol. The van der Waals surface area contributed by atoms with Gasteiger partial charge in [0.15, 0.2) is 5.65 Å². The molecule has 1 fully saturated rings. The number of nitrogens with zero attached hydrogens (tertiary/aromatic N) is 2. The number of rotatable bonds is 3. The van der Waals surface area contributed by atoms with Crippen LogP contribution >= 0.6 is 0 Å². The molecule has 2 aromatic heterocycles. The number of fused-ring (bicyclic) bond motifs is 1. The van der Waals surface area contributed by atoms with Crippen LogP contribution in [0.2, 0.25) is 0 Å². The van der Waals surface area contributed by atoms with Crippen LogP contribution in [0.25, 0.3) is 5.65 Å². The molecule has 1 unspecified atom stereocenters. The lowest BCUT2D eigenvalue weighted by atomic mass is 10.0. The zero-order valence-corrected chi connectivity index (χ0v) is 10.6. The van der Waals surface area contributed by atoms with Crippen LogP contribution < -0.4 is 10.9 Å². The van der Waals surface area contributed by atoms with Crippen molar-refractivity contribution in [1.82, 2.24) is 19.9 Å². The fraction of sp³-hybridized carbons (Fsp3) is 0.538. The highest BCUT2D eigenvalue weighted by Crippen LogP contribution is 2.13. The molecule has 0 aliphatic carbocycles. The molecule has 3 heterocycles. The van der Waals surface area contributed by atoms with Gasteiger partial charge < -0.3 is 5.32 Å². The lowest BCUT2D eigenvalue weighted by molar-refractivity contribution is 0.571. The Morgan fingerprint density at radius 1 is 1.50 bits per heavy atom. The minimum atomic E-state index is -0.0133. The molecule has 96 valence electrons. The predicted molar refractivity (Wildman–Crippen MR) is 69.9 cm³/mol. The van der Waals surface area contributed by atoms with E-state index in [2.05, 4.69) is 22.3 Å².